The van der Waals surface area contributed by atoms with E-state index >= 15 is 0 Å². The standard InChI is InChI=1S/C19H20N4O2S2/c1-3-12(2)20-19(25)22-16(24)11-27-18-13-7-4-5-8-14(13)21-17(23-18)15-9-6-10-26-15/h4-10,12H,3,11H2,1-2H3,(H2,20,22,24,25)/t12-/m1/s1. The fourth-order valence-electron chi connectivity index (χ4n) is 2.33. The minimum Gasteiger partial charge on any atom is -0.335 e. The molecule has 0 aliphatic heterocycles. The van der Waals surface area contributed by atoms with Crippen LogP contribution in [0, 0.1) is 0 Å². The van der Waals surface area contributed by atoms with Gasteiger partial charge < -0.3 is 5.32 Å². The van der Waals surface area contributed by atoms with Crippen LogP contribution in [-0.4, -0.2) is 33.7 Å². The molecule has 1 atom stereocenters. The predicted molar refractivity (Wildman–Crippen MR) is 110 cm³/mol. The Kier molecular flexibility index (Phi) is 6.41. The molecule has 2 aromatic heterocycles. The zero-order valence-electron chi connectivity index (χ0n) is 15.1. The van der Waals surface area contributed by atoms with Gasteiger partial charge in [0.05, 0.1) is 16.1 Å². The molecule has 0 saturated carbocycles. The number of carbonyl (C=O) groups excluding carboxylic acids is 2. The molecule has 0 unspecified atom stereocenters. The van der Waals surface area contributed by atoms with Crippen LogP contribution in [0.3, 0.4) is 0 Å². The van der Waals surface area contributed by atoms with E-state index in [1.165, 1.54) is 11.8 Å². The smallest absolute Gasteiger partial charge is 0.321 e. The highest BCUT2D eigenvalue weighted by molar-refractivity contribution is 8.00. The predicted octanol–water partition coefficient (Wildman–Crippen LogP) is 4.07. The highest BCUT2D eigenvalue weighted by atomic mass is 32.2. The normalized spacial score (nSPS) is 11.9. The third-order valence-electron chi connectivity index (χ3n) is 3.89. The van der Waals surface area contributed by atoms with Crippen molar-refractivity contribution in [2.75, 3.05) is 5.75 Å². The van der Waals surface area contributed by atoms with Gasteiger partial charge in [0.2, 0.25) is 5.91 Å². The monoisotopic (exact) mass is 400 g/mol. The number of hydrogen-bond donors (Lipinski definition) is 2. The summed E-state index contributed by atoms with van der Waals surface area (Å²) in [4.78, 5) is 34.1. The van der Waals surface area contributed by atoms with E-state index in [1.807, 2.05) is 55.6 Å². The lowest BCUT2D eigenvalue weighted by atomic mass is 10.2. The second kappa shape index (κ2) is 8.96. The molecule has 2 N–H and O–H groups in total. The van der Waals surface area contributed by atoms with Crippen LogP contribution < -0.4 is 10.6 Å². The number of thioether (sulfide) groups is 1. The van der Waals surface area contributed by atoms with E-state index in [-0.39, 0.29) is 17.7 Å². The van der Waals surface area contributed by atoms with Crippen molar-refractivity contribution in [3.8, 4) is 10.7 Å². The SMILES string of the molecule is CC[C@@H](C)NC(=O)NC(=O)CSc1nc(-c2cccs2)nc2ccccc12. The van der Waals surface area contributed by atoms with Gasteiger partial charge in [-0.25, -0.2) is 14.8 Å². The molecule has 0 fully saturated rings. The molecule has 0 aliphatic rings. The lowest BCUT2D eigenvalue weighted by Gasteiger charge is -2.12. The lowest BCUT2D eigenvalue weighted by molar-refractivity contribution is -0.117. The molecule has 1 aromatic carbocycles. The number of rotatable bonds is 6. The number of urea groups is 1. The third-order valence-corrected chi connectivity index (χ3v) is 5.75. The summed E-state index contributed by atoms with van der Waals surface area (Å²) in [6, 6.07) is 11.2. The number of aromatic nitrogens is 2. The highest BCUT2D eigenvalue weighted by Gasteiger charge is 2.14. The number of benzene rings is 1. The van der Waals surface area contributed by atoms with Gasteiger partial charge in [-0.2, -0.15) is 0 Å². The Bertz CT molecular complexity index is 944. The van der Waals surface area contributed by atoms with Crippen molar-refractivity contribution in [2.24, 2.45) is 0 Å². The Morgan fingerprint density at radius 1 is 1.19 bits per heavy atom. The average molecular weight is 401 g/mol. The van der Waals surface area contributed by atoms with Crippen molar-refractivity contribution in [3.63, 3.8) is 0 Å². The van der Waals surface area contributed by atoms with Gasteiger partial charge in [0.15, 0.2) is 5.82 Å². The summed E-state index contributed by atoms with van der Waals surface area (Å²) in [7, 11) is 0. The molecule has 0 saturated heterocycles. The van der Waals surface area contributed by atoms with Gasteiger partial charge in [0.25, 0.3) is 0 Å². The third kappa shape index (κ3) is 5.05. The van der Waals surface area contributed by atoms with E-state index in [1.54, 1.807) is 11.3 Å². The summed E-state index contributed by atoms with van der Waals surface area (Å²) >= 11 is 2.86. The summed E-state index contributed by atoms with van der Waals surface area (Å²) in [5.74, 6) is 0.376. The van der Waals surface area contributed by atoms with Crippen molar-refractivity contribution >= 4 is 45.9 Å². The summed E-state index contributed by atoms with van der Waals surface area (Å²) in [6.07, 6.45) is 0.800. The average Bonchev–Trinajstić information content (AvgIpc) is 3.20. The first-order valence-corrected chi connectivity index (χ1v) is 10.5. The first kappa shape index (κ1) is 19.3. The molecule has 0 spiro atoms. The zero-order valence-corrected chi connectivity index (χ0v) is 16.7. The number of imide groups is 1. The fourth-order valence-corrected chi connectivity index (χ4v) is 3.81. The minimum atomic E-state index is -0.471. The number of nitrogens with one attached hydrogen (secondary N) is 2. The lowest BCUT2D eigenvalue weighted by Crippen LogP contribution is -2.43. The van der Waals surface area contributed by atoms with Gasteiger partial charge in [0, 0.05) is 11.4 Å². The van der Waals surface area contributed by atoms with Crippen molar-refractivity contribution in [1.29, 1.82) is 0 Å². The van der Waals surface area contributed by atoms with E-state index < -0.39 is 6.03 Å². The Hall–Kier alpha value is -2.45. The topological polar surface area (TPSA) is 84.0 Å². The Morgan fingerprint density at radius 3 is 2.74 bits per heavy atom. The molecule has 0 bridgehead atoms. The van der Waals surface area contributed by atoms with E-state index in [9.17, 15) is 9.59 Å². The van der Waals surface area contributed by atoms with Gasteiger partial charge >= 0.3 is 6.03 Å². The molecule has 3 aromatic rings. The van der Waals surface area contributed by atoms with Crippen molar-refractivity contribution in [1.82, 2.24) is 20.6 Å². The number of nitrogens with zero attached hydrogens (tertiary/aromatic N) is 2. The second-order valence-electron chi connectivity index (χ2n) is 5.97. The quantitative estimate of drug-likeness (QED) is 0.481. The van der Waals surface area contributed by atoms with Gasteiger partial charge in [0.1, 0.15) is 5.03 Å². The van der Waals surface area contributed by atoms with Gasteiger partial charge in [-0.15, -0.1) is 11.3 Å². The number of thiophene rings is 1. The minimum absolute atomic E-state index is 0.0182. The van der Waals surface area contributed by atoms with Crippen LogP contribution in [0.25, 0.3) is 21.6 Å². The first-order valence-electron chi connectivity index (χ1n) is 8.60. The molecule has 3 rings (SSSR count). The fraction of sp³-hybridized carbons (Fsp3) is 0.263. The number of para-hydroxylation sites is 1. The Labute approximate surface area is 165 Å². The second-order valence-corrected chi connectivity index (χ2v) is 7.88. The van der Waals surface area contributed by atoms with Crippen LogP contribution in [0.15, 0.2) is 46.8 Å². The van der Waals surface area contributed by atoms with E-state index in [2.05, 4.69) is 20.6 Å². The molecule has 0 aliphatic carbocycles. The van der Waals surface area contributed by atoms with Crippen molar-refractivity contribution in [3.05, 3.63) is 41.8 Å². The molecule has 3 amide bonds. The molecular formula is C19H20N4O2S2. The molecule has 27 heavy (non-hydrogen) atoms. The molecule has 8 heteroatoms. The molecule has 6 nitrogen and oxygen atoms in total. The number of fused-ring (bicyclic) bond motifs is 1. The largest absolute Gasteiger partial charge is 0.335 e. The van der Waals surface area contributed by atoms with Crippen molar-refractivity contribution in [2.45, 2.75) is 31.3 Å². The first-order chi connectivity index (χ1) is 13.1. The van der Waals surface area contributed by atoms with E-state index in [4.69, 9.17) is 0 Å². The van der Waals surface area contributed by atoms with Crippen LogP contribution in [0.4, 0.5) is 4.79 Å². The number of carbonyl (C=O) groups is 2. The van der Waals surface area contributed by atoms with Crippen LogP contribution in [0.2, 0.25) is 0 Å². The van der Waals surface area contributed by atoms with Gasteiger partial charge in [-0.3, -0.25) is 10.1 Å². The van der Waals surface area contributed by atoms with E-state index in [0.717, 1.165) is 27.2 Å². The van der Waals surface area contributed by atoms with E-state index in [0.29, 0.717) is 5.82 Å². The highest BCUT2D eigenvalue weighted by Crippen LogP contribution is 2.29. The van der Waals surface area contributed by atoms with Crippen LogP contribution in [0.1, 0.15) is 20.3 Å². The zero-order chi connectivity index (χ0) is 19.2. The maximum atomic E-state index is 12.1. The molecule has 140 valence electrons. The van der Waals surface area contributed by atoms with Gasteiger partial charge in [-0.05, 0) is 30.9 Å². The molecule has 0 radical (unpaired) electrons. The van der Waals surface area contributed by atoms with Crippen LogP contribution >= 0.6 is 23.1 Å². The number of hydrogen-bond acceptors (Lipinski definition) is 6. The summed E-state index contributed by atoms with van der Waals surface area (Å²) < 4.78 is 0. The summed E-state index contributed by atoms with van der Waals surface area (Å²) in [6.45, 7) is 3.85. The Morgan fingerprint density at radius 2 is 2.00 bits per heavy atom. The van der Waals surface area contributed by atoms with Gasteiger partial charge in [-0.1, -0.05) is 43.0 Å². The Balaban J connectivity index is 1.74. The maximum absolute atomic E-state index is 12.1. The van der Waals surface area contributed by atoms with Crippen LogP contribution in [0.5, 0.6) is 0 Å². The van der Waals surface area contributed by atoms with Crippen molar-refractivity contribution < 1.29 is 9.59 Å². The number of amides is 3. The molecular weight excluding hydrogens is 380 g/mol. The summed E-state index contributed by atoms with van der Waals surface area (Å²) in [5, 5.41) is 8.65. The summed E-state index contributed by atoms with van der Waals surface area (Å²) in [5.41, 5.74) is 0.827. The maximum Gasteiger partial charge on any atom is 0.321 e. The molecule has 2 heterocycles. The van der Waals surface area contributed by atoms with Crippen LogP contribution in [-0.2, 0) is 4.79 Å².